The van der Waals surface area contributed by atoms with E-state index in [4.69, 9.17) is 0 Å². The fourth-order valence-electron chi connectivity index (χ4n) is 3.38. The summed E-state index contributed by atoms with van der Waals surface area (Å²) in [6.45, 7) is 0. The van der Waals surface area contributed by atoms with Crippen LogP contribution in [0.4, 0.5) is 5.82 Å². The van der Waals surface area contributed by atoms with E-state index in [0.717, 1.165) is 29.6 Å². The van der Waals surface area contributed by atoms with Crippen molar-refractivity contribution in [3.05, 3.63) is 65.0 Å². The van der Waals surface area contributed by atoms with Crippen LogP contribution in [0.2, 0.25) is 0 Å². The van der Waals surface area contributed by atoms with Crippen LogP contribution in [-0.2, 0) is 0 Å². The standard InChI is InChI=1S/C19H19BrN6O/c20-13-8-9-18(21-12-13)24-15-5-3-6-16(15)25-19(27)14-4-1-2-7-17(14)26-22-10-11-23-26/h1-2,4,7-12,15-16H,3,5-6H2,(H,21,24)(H,25,27)/t15-,16?/m0/s1. The highest BCUT2D eigenvalue weighted by molar-refractivity contribution is 9.10. The van der Waals surface area contributed by atoms with Crippen LogP contribution >= 0.6 is 15.9 Å². The summed E-state index contributed by atoms with van der Waals surface area (Å²) in [6.07, 6.45) is 7.93. The minimum Gasteiger partial charge on any atom is -0.365 e. The number of anilines is 1. The number of pyridine rings is 1. The molecular formula is C19H19BrN6O. The Morgan fingerprint density at radius 1 is 1.07 bits per heavy atom. The highest BCUT2D eigenvalue weighted by Gasteiger charge is 2.29. The molecule has 1 amide bonds. The van der Waals surface area contributed by atoms with E-state index in [-0.39, 0.29) is 18.0 Å². The van der Waals surface area contributed by atoms with Crippen molar-refractivity contribution in [3.8, 4) is 5.69 Å². The first kappa shape index (κ1) is 17.7. The predicted octanol–water partition coefficient (Wildman–Crippen LogP) is 3.19. The minimum absolute atomic E-state index is 0.0431. The number of nitrogens with zero attached hydrogens (tertiary/aromatic N) is 4. The zero-order valence-corrected chi connectivity index (χ0v) is 16.1. The van der Waals surface area contributed by atoms with Crippen molar-refractivity contribution in [2.75, 3.05) is 5.32 Å². The van der Waals surface area contributed by atoms with E-state index in [1.165, 1.54) is 4.80 Å². The molecule has 7 nitrogen and oxygen atoms in total. The lowest BCUT2D eigenvalue weighted by Crippen LogP contribution is -2.43. The molecule has 8 heteroatoms. The second-order valence-corrected chi connectivity index (χ2v) is 7.37. The molecule has 138 valence electrons. The Hall–Kier alpha value is -2.74. The lowest BCUT2D eigenvalue weighted by atomic mass is 10.1. The Bertz CT molecular complexity index is 912. The molecule has 4 rings (SSSR count). The van der Waals surface area contributed by atoms with Gasteiger partial charge in [0.2, 0.25) is 0 Å². The van der Waals surface area contributed by atoms with Crippen LogP contribution in [0.25, 0.3) is 5.69 Å². The fourth-order valence-corrected chi connectivity index (χ4v) is 3.62. The Morgan fingerprint density at radius 3 is 2.63 bits per heavy atom. The summed E-state index contributed by atoms with van der Waals surface area (Å²) in [5, 5.41) is 14.9. The van der Waals surface area contributed by atoms with Crippen molar-refractivity contribution >= 4 is 27.7 Å². The van der Waals surface area contributed by atoms with E-state index >= 15 is 0 Å². The highest BCUT2D eigenvalue weighted by atomic mass is 79.9. The maximum Gasteiger partial charge on any atom is 0.253 e. The molecular weight excluding hydrogens is 408 g/mol. The summed E-state index contributed by atoms with van der Waals surface area (Å²) in [4.78, 5) is 18.8. The average Bonchev–Trinajstić information content (AvgIpc) is 3.36. The summed E-state index contributed by atoms with van der Waals surface area (Å²) in [6, 6.07) is 11.4. The first-order valence-electron chi connectivity index (χ1n) is 8.85. The molecule has 2 heterocycles. The molecule has 27 heavy (non-hydrogen) atoms. The van der Waals surface area contributed by atoms with Crippen molar-refractivity contribution in [1.82, 2.24) is 25.3 Å². The monoisotopic (exact) mass is 426 g/mol. The summed E-state index contributed by atoms with van der Waals surface area (Å²) in [7, 11) is 0. The first-order valence-corrected chi connectivity index (χ1v) is 9.65. The number of halogens is 1. The lowest BCUT2D eigenvalue weighted by molar-refractivity contribution is 0.0935. The molecule has 0 saturated heterocycles. The Morgan fingerprint density at radius 2 is 1.85 bits per heavy atom. The van der Waals surface area contributed by atoms with E-state index in [1.54, 1.807) is 24.7 Å². The molecule has 2 atom stereocenters. The molecule has 2 N–H and O–H groups in total. The molecule has 1 aliphatic rings. The Kier molecular flexibility index (Phi) is 5.15. The zero-order valence-electron chi connectivity index (χ0n) is 14.5. The van der Waals surface area contributed by atoms with Crippen LogP contribution < -0.4 is 10.6 Å². The molecule has 0 aliphatic heterocycles. The quantitative estimate of drug-likeness (QED) is 0.654. The van der Waals surface area contributed by atoms with Gasteiger partial charge in [0.1, 0.15) is 5.82 Å². The van der Waals surface area contributed by atoms with Crippen molar-refractivity contribution in [3.63, 3.8) is 0 Å². The van der Waals surface area contributed by atoms with Crippen LogP contribution in [0, 0.1) is 0 Å². The van der Waals surface area contributed by atoms with Gasteiger partial charge >= 0.3 is 0 Å². The second kappa shape index (κ2) is 7.87. The van der Waals surface area contributed by atoms with E-state index in [1.807, 2.05) is 30.3 Å². The van der Waals surface area contributed by atoms with E-state index in [0.29, 0.717) is 11.3 Å². The topological polar surface area (TPSA) is 84.7 Å². The van der Waals surface area contributed by atoms with Gasteiger partial charge < -0.3 is 10.6 Å². The van der Waals surface area contributed by atoms with Crippen LogP contribution in [-0.4, -0.2) is 38.0 Å². The molecule has 1 aliphatic carbocycles. The summed E-state index contributed by atoms with van der Waals surface area (Å²) in [5.74, 6) is 0.691. The number of para-hydroxylation sites is 1. The SMILES string of the molecule is O=C(NC1CCC[C@@H]1Nc1ccc(Br)cn1)c1ccccc1-n1nccn1. The fraction of sp³-hybridized carbons (Fsp3) is 0.263. The largest absolute Gasteiger partial charge is 0.365 e. The number of aromatic nitrogens is 4. The number of carbonyl (C=O) groups excluding carboxylic acids is 1. The van der Waals surface area contributed by atoms with Gasteiger partial charge in [-0.15, -0.1) is 0 Å². The third kappa shape index (κ3) is 4.00. The molecule has 3 aromatic rings. The van der Waals surface area contributed by atoms with Crippen LogP contribution in [0.3, 0.4) is 0 Å². The number of amides is 1. The smallest absolute Gasteiger partial charge is 0.253 e. The van der Waals surface area contributed by atoms with Gasteiger partial charge in [0, 0.05) is 22.8 Å². The maximum absolute atomic E-state index is 12.9. The molecule has 0 spiro atoms. The Labute approximate surface area is 165 Å². The van der Waals surface area contributed by atoms with E-state index < -0.39 is 0 Å². The van der Waals surface area contributed by atoms with Crippen LogP contribution in [0.1, 0.15) is 29.6 Å². The molecule has 0 bridgehead atoms. The van der Waals surface area contributed by atoms with E-state index in [9.17, 15) is 4.79 Å². The van der Waals surface area contributed by atoms with Crippen molar-refractivity contribution in [1.29, 1.82) is 0 Å². The summed E-state index contributed by atoms with van der Waals surface area (Å²) < 4.78 is 0.938. The van der Waals surface area contributed by atoms with Crippen molar-refractivity contribution < 1.29 is 4.79 Å². The summed E-state index contributed by atoms with van der Waals surface area (Å²) in [5.41, 5.74) is 1.22. The predicted molar refractivity (Wildman–Crippen MR) is 106 cm³/mol. The minimum atomic E-state index is -0.120. The zero-order chi connectivity index (χ0) is 18.6. The van der Waals surface area contributed by atoms with Crippen LogP contribution in [0.5, 0.6) is 0 Å². The third-order valence-corrected chi connectivity index (χ3v) is 5.15. The molecule has 1 unspecified atom stereocenters. The molecule has 1 aromatic carbocycles. The first-order chi connectivity index (χ1) is 13.2. The van der Waals surface area contributed by atoms with Crippen molar-refractivity contribution in [2.45, 2.75) is 31.3 Å². The molecule has 1 saturated carbocycles. The van der Waals surface area contributed by atoms with Gasteiger partial charge in [0.05, 0.1) is 23.6 Å². The number of hydrogen-bond acceptors (Lipinski definition) is 5. The lowest BCUT2D eigenvalue weighted by Gasteiger charge is -2.23. The number of carbonyl (C=O) groups is 1. The molecule has 0 radical (unpaired) electrons. The van der Waals surface area contributed by atoms with Crippen molar-refractivity contribution in [2.24, 2.45) is 0 Å². The van der Waals surface area contributed by atoms with Gasteiger partial charge in [-0.2, -0.15) is 15.0 Å². The third-order valence-electron chi connectivity index (χ3n) is 4.68. The van der Waals surface area contributed by atoms with Gasteiger partial charge in [-0.3, -0.25) is 4.79 Å². The highest BCUT2D eigenvalue weighted by Crippen LogP contribution is 2.24. The van der Waals surface area contributed by atoms with Gasteiger partial charge in [-0.1, -0.05) is 12.1 Å². The molecule has 1 fully saturated rings. The molecule has 2 aromatic heterocycles. The average molecular weight is 427 g/mol. The second-order valence-electron chi connectivity index (χ2n) is 6.46. The number of benzene rings is 1. The Balaban J connectivity index is 1.48. The van der Waals surface area contributed by atoms with Gasteiger partial charge in [0.15, 0.2) is 0 Å². The number of hydrogen-bond donors (Lipinski definition) is 2. The number of nitrogens with one attached hydrogen (secondary N) is 2. The van der Waals surface area contributed by atoms with Gasteiger partial charge in [-0.05, 0) is 59.5 Å². The summed E-state index contributed by atoms with van der Waals surface area (Å²) >= 11 is 3.39. The van der Waals surface area contributed by atoms with Crippen LogP contribution in [0.15, 0.2) is 59.5 Å². The van der Waals surface area contributed by atoms with E-state index in [2.05, 4.69) is 41.7 Å². The normalized spacial score (nSPS) is 19.0. The maximum atomic E-state index is 12.9. The number of rotatable bonds is 5. The van der Waals surface area contributed by atoms with Gasteiger partial charge in [-0.25, -0.2) is 4.98 Å². The van der Waals surface area contributed by atoms with Gasteiger partial charge in [0.25, 0.3) is 5.91 Å².